The molecule has 5 heteroatoms. The van der Waals surface area contributed by atoms with Crippen molar-refractivity contribution in [2.75, 3.05) is 25.6 Å². The number of benzene rings is 1. The first-order valence-corrected chi connectivity index (χ1v) is 7.70. The molecule has 0 fully saturated rings. The van der Waals surface area contributed by atoms with Gasteiger partial charge in [0.05, 0.1) is 12.7 Å². The molecule has 0 aliphatic carbocycles. The van der Waals surface area contributed by atoms with Gasteiger partial charge < -0.3 is 20.5 Å². The fraction of sp³-hybridized carbons (Fsp3) is 0.588. The monoisotopic (exact) mass is 308 g/mol. The third-order valence-corrected chi connectivity index (χ3v) is 3.70. The molecule has 0 bridgehead atoms. The second-order valence-electron chi connectivity index (χ2n) is 5.75. The van der Waals surface area contributed by atoms with Crippen molar-refractivity contribution in [2.24, 2.45) is 0 Å². The van der Waals surface area contributed by atoms with Gasteiger partial charge in [0.15, 0.2) is 0 Å². The summed E-state index contributed by atoms with van der Waals surface area (Å²) in [6.07, 6.45) is 0.540. The second-order valence-corrected chi connectivity index (χ2v) is 5.75. The number of nitrogens with one attached hydrogen (secondary N) is 2. The largest absolute Gasteiger partial charge is 0.391 e. The number of methoxy groups -OCH3 is 1. The van der Waals surface area contributed by atoms with Crippen LogP contribution in [0, 0.1) is 13.8 Å². The Morgan fingerprint density at radius 3 is 2.77 bits per heavy atom. The standard InChI is InChI=1S/C17H28N2O3/c1-12-6-5-7-16(14(12)3)19-17(21)10-13(2)18-9-8-15(20)11-22-4/h5-7,13,15,18,20H,8-11H2,1-4H3,(H,19,21). The number of aliphatic hydroxyl groups excluding tert-OH is 1. The molecule has 1 aromatic carbocycles. The predicted molar refractivity (Wildman–Crippen MR) is 89.1 cm³/mol. The maximum absolute atomic E-state index is 12.1. The Labute approximate surface area is 133 Å². The van der Waals surface area contributed by atoms with Gasteiger partial charge in [0, 0.05) is 25.3 Å². The quantitative estimate of drug-likeness (QED) is 0.652. The minimum Gasteiger partial charge on any atom is -0.391 e. The van der Waals surface area contributed by atoms with Gasteiger partial charge in [-0.05, 0) is 50.9 Å². The van der Waals surface area contributed by atoms with Crippen LogP contribution in [0.4, 0.5) is 5.69 Å². The summed E-state index contributed by atoms with van der Waals surface area (Å²) in [7, 11) is 1.57. The highest BCUT2D eigenvalue weighted by Crippen LogP contribution is 2.18. The molecule has 5 nitrogen and oxygen atoms in total. The number of aryl methyl sites for hydroxylation is 1. The summed E-state index contributed by atoms with van der Waals surface area (Å²) in [5.74, 6) is -0.00820. The van der Waals surface area contributed by atoms with E-state index in [0.29, 0.717) is 26.0 Å². The van der Waals surface area contributed by atoms with Crippen molar-refractivity contribution in [3.05, 3.63) is 29.3 Å². The number of carbonyl (C=O) groups excluding carboxylic acids is 1. The first kappa shape index (κ1) is 18.6. The molecule has 3 N–H and O–H groups in total. The Balaban J connectivity index is 2.33. The van der Waals surface area contributed by atoms with Crippen molar-refractivity contribution in [1.82, 2.24) is 5.32 Å². The number of anilines is 1. The summed E-state index contributed by atoms with van der Waals surface area (Å²) in [6, 6.07) is 5.94. The van der Waals surface area contributed by atoms with Crippen LogP contribution in [0.1, 0.15) is 30.9 Å². The van der Waals surface area contributed by atoms with Gasteiger partial charge in [0.1, 0.15) is 0 Å². The van der Waals surface area contributed by atoms with E-state index in [-0.39, 0.29) is 11.9 Å². The lowest BCUT2D eigenvalue weighted by Crippen LogP contribution is -2.33. The average molecular weight is 308 g/mol. The van der Waals surface area contributed by atoms with Crippen molar-refractivity contribution in [3.63, 3.8) is 0 Å². The highest BCUT2D eigenvalue weighted by Gasteiger charge is 2.11. The molecule has 0 aromatic heterocycles. The Bertz CT molecular complexity index is 477. The summed E-state index contributed by atoms with van der Waals surface area (Å²) in [5.41, 5.74) is 3.13. The topological polar surface area (TPSA) is 70.6 Å². The number of amides is 1. The summed E-state index contributed by atoms with van der Waals surface area (Å²) >= 11 is 0. The number of carbonyl (C=O) groups is 1. The molecule has 1 amide bonds. The van der Waals surface area contributed by atoms with E-state index in [1.807, 2.05) is 39.0 Å². The van der Waals surface area contributed by atoms with Crippen LogP contribution in [-0.4, -0.2) is 43.4 Å². The highest BCUT2D eigenvalue weighted by molar-refractivity contribution is 5.92. The molecule has 124 valence electrons. The minimum atomic E-state index is -0.464. The Kier molecular flexibility index (Phi) is 8.09. The highest BCUT2D eigenvalue weighted by atomic mass is 16.5. The van der Waals surface area contributed by atoms with Crippen LogP contribution in [0.2, 0.25) is 0 Å². The molecule has 1 aromatic rings. The van der Waals surface area contributed by atoms with Crippen LogP contribution in [0.3, 0.4) is 0 Å². The van der Waals surface area contributed by atoms with E-state index in [9.17, 15) is 9.90 Å². The van der Waals surface area contributed by atoms with Crippen LogP contribution < -0.4 is 10.6 Å². The molecule has 0 heterocycles. The number of ether oxygens (including phenoxy) is 1. The third kappa shape index (κ3) is 6.56. The number of hydrogen-bond acceptors (Lipinski definition) is 4. The molecule has 1 rings (SSSR count). The smallest absolute Gasteiger partial charge is 0.225 e. The third-order valence-electron chi connectivity index (χ3n) is 3.70. The molecule has 0 saturated carbocycles. The zero-order valence-corrected chi connectivity index (χ0v) is 14.0. The predicted octanol–water partition coefficient (Wildman–Crippen LogP) is 2.01. The molecule has 22 heavy (non-hydrogen) atoms. The first-order chi connectivity index (χ1) is 10.4. The van der Waals surface area contributed by atoms with E-state index in [4.69, 9.17) is 4.74 Å². The summed E-state index contributed by atoms with van der Waals surface area (Å²) in [4.78, 5) is 12.1. The van der Waals surface area contributed by atoms with E-state index in [2.05, 4.69) is 10.6 Å². The van der Waals surface area contributed by atoms with Crippen LogP contribution >= 0.6 is 0 Å². The van der Waals surface area contributed by atoms with Crippen LogP contribution in [0.5, 0.6) is 0 Å². The van der Waals surface area contributed by atoms with Gasteiger partial charge in [0.2, 0.25) is 5.91 Å². The average Bonchev–Trinajstić information content (AvgIpc) is 2.44. The molecule has 0 saturated heterocycles. The van der Waals surface area contributed by atoms with Gasteiger partial charge in [-0.25, -0.2) is 0 Å². The zero-order valence-electron chi connectivity index (χ0n) is 14.0. The van der Waals surface area contributed by atoms with Crippen molar-refractivity contribution in [1.29, 1.82) is 0 Å². The van der Waals surface area contributed by atoms with Gasteiger partial charge >= 0.3 is 0 Å². The van der Waals surface area contributed by atoms with E-state index < -0.39 is 6.10 Å². The van der Waals surface area contributed by atoms with Crippen LogP contribution in [-0.2, 0) is 9.53 Å². The SMILES string of the molecule is COCC(O)CCNC(C)CC(=O)Nc1cccc(C)c1C. The Hall–Kier alpha value is -1.43. The van der Waals surface area contributed by atoms with Gasteiger partial charge in [-0.1, -0.05) is 12.1 Å². The normalized spacial score (nSPS) is 13.7. The van der Waals surface area contributed by atoms with Gasteiger partial charge in [-0.3, -0.25) is 4.79 Å². The number of aliphatic hydroxyl groups is 1. The van der Waals surface area contributed by atoms with Crippen molar-refractivity contribution < 1.29 is 14.6 Å². The Morgan fingerprint density at radius 2 is 2.09 bits per heavy atom. The van der Waals surface area contributed by atoms with Crippen LogP contribution in [0.25, 0.3) is 0 Å². The summed E-state index contributed by atoms with van der Waals surface area (Å²) < 4.78 is 4.87. The lowest BCUT2D eigenvalue weighted by atomic mass is 10.1. The van der Waals surface area contributed by atoms with Crippen molar-refractivity contribution in [2.45, 2.75) is 45.8 Å². The van der Waals surface area contributed by atoms with Gasteiger partial charge in [-0.2, -0.15) is 0 Å². The van der Waals surface area contributed by atoms with E-state index in [1.54, 1.807) is 7.11 Å². The molecule has 2 unspecified atom stereocenters. The first-order valence-electron chi connectivity index (χ1n) is 7.70. The molecular weight excluding hydrogens is 280 g/mol. The van der Waals surface area contributed by atoms with E-state index in [1.165, 1.54) is 0 Å². The summed E-state index contributed by atoms with van der Waals surface area (Å²) in [6.45, 7) is 6.99. The van der Waals surface area contributed by atoms with Crippen molar-refractivity contribution >= 4 is 11.6 Å². The number of hydrogen-bond donors (Lipinski definition) is 3. The van der Waals surface area contributed by atoms with Crippen molar-refractivity contribution in [3.8, 4) is 0 Å². The maximum Gasteiger partial charge on any atom is 0.225 e. The van der Waals surface area contributed by atoms with E-state index >= 15 is 0 Å². The molecule has 0 aliphatic heterocycles. The van der Waals surface area contributed by atoms with Crippen LogP contribution in [0.15, 0.2) is 18.2 Å². The summed E-state index contributed by atoms with van der Waals surface area (Å²) in [5, 5.41) is 15.7. The van der Waals surface area contributed by atoms with E-state index in [0.717, 1.165) is 16.8 Å². The van der Waals surface area contributed by atoms with Gasteiger partial charge in [0.25, 0.3) is 0 Å². The lowest BCUT2D eigenvalue weighted by molar-refractivity contribution is -0.116. The lowest BCUT2D eigenvalue weighted by Gasteiger charge is -2.16. The fourth-order valence-electron chi connectivity index (χ4n) is 2.21. The molecule has 0 spiro atoms. The zero-order chi connectivity index (χ0) is 16.5. The minimum absolute atomic E-state index is 0.00820. The second kappa shape index (κ2) is 9.56. The molecular formula is C17H28N2O3. The number of rotatable bonds is 9. The molecule has 0 radical (unpaired) electrons. The Morgan fingerprint density at radius 1 is 1.36 bits per heavy atom. The fourth-order valence-corrected chi connectivity index (χ4v) is 2.21. The maximum atomic E-state index is 12.1. The molecule has 2 atom stereocenters. The molecule has 0 aliphatic rings. The van der Waals surface area contributed by atoms with Gasteiger partial charge in [-0.15, -0.1) is 0 Å².